The lowest BCUT2D eigenvalue weighted by Gasteiger charge is -2.41. The Morgan fingerprint density at radius 1 is 1.29 bits per heavy atom. The maximum atomic E-state index is 12.2. The van der Waals surface area contributed by atoms with Crippen molar-refractivity contribution >= 4 is 11.8 Å². The van der Waals surface area contributed by atoms with Gasteiger partial charge in [-0.25, -0.2) is 0 Å². The van der Waals surface area contributed by atoms with E-state index in [2.05, 4.69) is 12.2 Å². The molecule has 0 saturated carbocycles. The summed E-state index contributed by atoms with van der Waals surface area (Å²) < 4.78 is 0. The highest BCUT2D eigenvalue weighted by Crippen LogP contribution is 2.20. The van der Waals surface area contributed by atoms with Gasteiger partial charge in [0.1, 0.15) is 12.1 Å². The number of nitrogens with one attached hydrogen (secondary N) is 1. The highest BCUT2D eigenvalue weighted by molar-refractivity contribution is 5.96. The minimum absolute atomic E-state index is 0.00176. The fourth-order valence-corrected chi connectivity index (χ4v) is 2.50. The van der Waals surface area contributed by atoms with Gasteiger partial charge in [-0.1, -0.05) is 26.7 Å². The predicted octanol–water partition coefficient (Wildman–Crippen LogP) is 1.69. The number of amides is 2. The van der Waals surface area contributed by atoms with Crippen LogP contribution >= 0.6 is 0 Å². The van der Waals surface area contributed by atoms with E-state index in [1.165, 1.54) is 0 Å². The lowest BCUT2D eigenvalue weighted by atomic mass is 9.99. The molecule has 98 valence electrons. The molecule has 0 bridgehead atoms. The molecule has 0 aromatic rings. The van der Waals surface area contributed by atoms with Gasteiger partial charge in [-0.05, 0) is 26.7 Å². The van der Waals surface area contributed by atoms with E-state index < -0.39 is 0 Å². The molecule has 1 rings (SSSR count). The zero-order valence-corrected chi connectivity index (χ0v) is 11.3. The van der Waals surface area contributed by atoms with Crippen molar-refractivity contribution in [3.63, 3.8) is 0 Å². The van der Waals surface area contributed by atoms with Gasteiger partial charge in [0.2, 0.25) is 11.8 Å². The molecule has 4 heteroatoms. The van der Waals surface area contributed by atoms with Gasteiger partial charge in [0.05, 0.1) is 0 Å². The van der Waals surface area contributed by atoms with Crippen LogP contribution in [0.4, 0.5) is 0 Å². The van der Waals surface area contributed by atoms with E-state index in [1.54, 1.807) is 11.8 Å². The fraction of sp³-hybridized carbons (Fsp3) is 0.846. The summed E-state index contributed by atoms with van der Waals surface area (Å²) in [6, 6.07) is -0.502. The number of nitrogens with zero attached hydrogens (tertiary/aromatic N) is 1. The molecule has 1 saturated heterocycles. The molecular formula is C13H24N2O2. The Morgan fingerprint density at radius 3 is 2.47 bits per heavy atom. The summed E-state index contributed by atoms with van der Waals surface area (Å²) in [7, 11) is 0. The first-order valence-electron chi connectivity index (χ1n) is 6.65. The van der Waals surface area contributed by atoms with Crippen LogP contribution in [0.2, 0.25) is 0 Å². The molecule has 0 aliphatic carbocycles. The molecule has 3 atom stereocenters. The first-order valence-corrected chi connectivity index (χ1v) is 6.65. The highest BCUT2D eigenvalue weighted by atomic mass is 16.2. The standard InChI is InChI=1S/C13H24N2O2/c1-5-7-9(3)15-11(8-6-2)12(16)14-10(4)13(15)17/h9-11H,5-8H2,1-4H3,(H,14,16). The van der Waals surface area contributed by atoms with Gasteiger partial charge in [0, 0.05) is 6.04 Å². The first-order chi connectivity index (χ1) is 8.02. The van der Waals surface area contributed by atoms with E-state index in [1.807, 2.05) is 13.8 Å². The van der Waals surface area contributed by atoms with Crippen LogP contribution in [0.25, 0.3) is 0 Å². The fourth-order valence-electron chi connectivity index (χ4n) is 2.50. The maximum Gasteiger partial charge on any atom is 0.245 e. The minimum atomic E-state index is -0.380. The number of hydrogen-bond donors (Lipinski definition) is 1. The maximum absolute atomic E-state index is 12.2. The second kappa shape index (κ2) is 6.03. The normalized spacial score (nSPS) is 26.9. The molecule has 1 aliphatic heterocycles. The molecular weight excluding hydrogens is 216 g/mol. The van der Waals surface area contributed by atoms with Crippen LogP contribution in [-0.2, 0) is 9.59 Å². The second-order valence-electron chi connectivity index (χ2n) is 4.92. The van der Waals surface area contributed by atoms with Crippen molar-refractivity contribution in [3.05, 3.63) is 0 Å². The van der Waals surface area contributed by atoms with Crippen LogP contribution in [0.3, 0.4) is 0 Å². The third kappa shape index (κ3) is 2.99. The Balaban J connectivity index is 2.89. The van der Waals surface area contributed by atoms with Gasteiger partial charge < -0.3 is 10.2 Å². The number of rotatable bonds is 5. The molecule has 17 heavy (non-hydrogen) atoms. The number of piperazine rings is 1. The highest BCUT2D eigenvalue weighted by Gasteiger charge is 2.39. The van der Waals surface area contributed by atoms with Crippen molar-refractivity contribution in [3.8, 4) is 0 Å². The van der Waals surface area contributed by atoms with E-state index in [-0.39, 0.29) is 29.9 Å². The molecule has 0 radical (unpaired) electrons. The average Bonchev–Trinajstić information content (AvgIpc) is 2.26. The van der Waals surface area contributed by atoms with Gasteiger partial charge in [0.25, 0.3) is 0 Å². The monoisotopic (exact) mass is 240 g/mol. The molecule has 3 unspecified atom stereocenters. The Bertz CT molecular complexity index is 291. The smallest absolute Gasteiger partial charge is 0.245 e. The molecule has 1 heterocycles. The number of hydrogen-bond acceptors (Lipinski definition) is 2. The van der Waals surface area contributed by atoms with Crippen LogP contribution in [0, 0.1) is 0 Å². The quantitative estimate of drug-likeness (QED) is 0.795. The van der Waals surface area contributed by atoms with Gasteiger partial charge in [-0.2, -0.15) is 0 Å². The van der Waals surface area contributed by atoms with Crippen molar-refractivity contribution in [2.75, 3.05) is 0 Å². The zero-order chi connectivity index (χ0) is 13.0. The van der Waals surface area contributed by atoms with Crippen LogP contribution < -0.4 is 5.32 Å². The third-order valence-electron chi connectivity index (χ3n) is 3.37. The molecule has 1 N–H and O–H groups in total. The van der Waals surface area contributed by atoms with Gasteiger partial charge in [-0.15, -0.1) is 0 Å². The molecule has 4 nitrogen and oxygen atoms in total. The van der Waals surface area contributed by atoms with E-state index in [0.29, 0.717) is 0 Å². The SMILES string of the molecule is CCCC(C)N1C(=O)C(C)NC(=O)C1CCC. The van der Waals surface area contributed by atoms with Gasteiger partial charge >= 0.3 is 0 Å². The largest absolute Gasteiger partial charge is 0.343 e. The first kappa shape index (κ1) is 14.0. The van der Waals surface area contributed by atoms with Gasteiger partial charge in [-0.3, -0.25) is 9.59 Å². The Hall–Kier alpha value is -1.06. The number of carbonyl (C=O) groups is 2. The topological polar surface area (TPSA) is 49.4 Å². The molecule has 0 spiro atoms. The van der Waals surface area contributed by atoms with Crippen LogP contribution in [0.5, 0.6) is 0 Å². The van der Waals surface area contributed by atoms with E-state index in [4.69, 9.17) is 0 Å². The second-order valence-corrected chi connectivity index (χ2v) is 4.92. The molecule has 0 aromatic heterocycles. The summed E-state index contributed by atoms with van der Waals surface area (Å²) in [5.41, 5.74) is 0. The van der Waals surface area contributed by atoms with Crippen LogP contribution in [0.1, 0.15) is 53.4 Å². The van der Waals surface area contributed by atoms with Crippen molar-refractivity contribution in [2.24, 2.45) is 0 Å². The van der Waals surface area contributed by atoms with Crippen molar-refractivity contribution in [1.29, 1.82) is 0 Å². The lowest BCUT2D eigenvalue weighted by Crippen LogP contribution is -2.64. The summed E-state index contributed by atoms with van der Waals surface area (Å²) in [4.78, 5) is 25.9. The third-order valence-corrected chi connectivity index (χ3v) is 3.37. The van der Waals surface area contributed by atoms with Crippen molar-refractivity contribution < 1.29 is 9.59 Å². The number of carbonyl (C=O) groups excluding carboxylic acids is 2. The van der Waals surface area contributed by atoms with E-state index >= 15 is 0 Å². The van der Waals surface area contributed by atoms with E-state index in [0.717, 1.165) is 25.7 Å². The van der Waals surface area contributed by atoms with Gasteiger partial charge in [0.15, 0.2) is 0 Å². The lowest BCUT2D eigenvalue weighted by molar-refractivity contribution is -0.151. The Morgan fingerprint density at radius 2 is 1.94 bits per heavy atom. The summed E-state index contributed by atoms with van der Waals surface area (Å²) in [6.45, 7) is 7.94. The summed E-state index contributed by atoms with van der Waals surface area (Å²) in [6.07, 6.45) is 3.64. The molecule has 1 fully saturated rings. The zero-order valence-electron chi connectivity index (χ0n) is 11.3. The summed E-state index contributed by atoms with van der Waals surface area (Å²) in [5, 5.41) is 2.76. The Labute approximate surface area is 104 Å². The van der Waals surface area contributed by atoms with Crippen molar-refractivity contribution in [2.45, 2.75) is 71.5 Å². The van der Waals surface area contributed by atoms with Crippen LogP contribution in [-0.4, -0.2) is 34.8 Å². The minimum Gasteiger partial charge on any atom is -0.343 e. The van der Waals surface area contributed by atoms with Crippen molar-refractivity contribution in [1.82, 2.24) is 10.2 Å². The summed E-state index contributed by atoms with van der Waals surface area (Å²) in [5.74, 6) is 0.0610. The Kier molecular flexibility index (Phi) is 4.97. The van der Waals surface area contributed by atoms with Crippen LogP contribution in [0.15, 0.2) is 0 Å². The van der Waals surface area contributed by atoms with E-state index in [9.17, 15) is 9.59 Å². The molecule has 1 aliphatic rings. The molecule has 0 aromatic carbocycles. The molecule has 2 amide bonds. The average molecular weight is 240 g/mol. The predicted molar refractivity (Wildman–Crippen MR) is 67.5 cm³/mol. The summed E-state index contributed by atoms with van der Waals surface area (Å²) >= 11 is 0.